The smallest absolute Gasteiger partial charge is 0.302 e. The summed E-state index contributed by atoms with van der Waals surface area (Å²) in [5, 5.41) is 10.5. The predicted octanol–water partition coefficient (Wildman–Crippen LogP) is 2.14. The Labute approximate surface area is 97.2 Å². The van der Waals surface area contributed by atoms with Crippen molar-refractivity contribution in [3.8, 4) is 6.07 Å². The van der Waals surface area contributed by atoms with Crippen molar-refractivity contribution in [2.75, 3.05) is 0 Å². The Morgan fingerprint density at radius 2 is 2.31 bits per heavy atom. The Balaban J connectivity index is 2.33. The zero-order chi connectivity index (χ0) is 11.5. The number of rotatable bonds is 2. The van der Waals surface area contributed by atoms with Gasteiger partial charge in [-0.1, -0.05) is 17.4 Å². The van der Waals surface area contributed by atoms with Crippen LogP contribution in [0.3, 0.4) is 0 Å². The molecule has 0 amide bonds. The zero-order valence-corrected chi connectivity index (χ0v) is 9.62. The van der Waals surface area contributed by atoms with Crippen LogP contribution in [-0.4, -0.2) is 4.57 Å². The normalized spacial score (nSPS) is 10.0. The number of nitriles is 1. The molecule has 0 N–H and O–H groups in total. The van der Waals surface area contributed by atoms with Gasteiger partial charge in [-0.3, -0.25) is 4.79 Å². The summed E-state index contributed by atoms with van der Waals surface area (Å²) in [5.74, 6) is 0. The van der Waals surface area contributed by atoms with Crippen LogP contribution in [0.5, 0.6) is 0 Å². The molecule has 0 aliphatic heterocycles. The van der Waals surface area contributed by atoms with Crippen LogP contribution >= 0.6 is 11.3 Å². The fraction of sp³-hybridized carbons (Fsp3) is 0.167. The van der Waals surface area contributed by atoms with Crippen molar-refractivity contribution in [2.24, 2.45) is 0 Å². The Morgan fingerprint density at radius 3 is 2.88 bits per heavy atom. The number of thiazole rings is 1. The molecule has 0 unspecified atom stereocenters. The van der Waals surface area contributed by atoms with Crippen LogP contribution in [0.4, 0.5) is 0 Å². The quantitative estimate of drug-likeness (QED) is 0.793. The molecule has 16 heavy (non-hydrogen) atoms. The molecule has 1 heterocycles. The molecular formula is C12H10N2OS. The van der Waals surface area contributed by atoms with Gasteiger partial charge in [0.15, 0.2) is 0 Å². The van der Waals surface area contributed by atoms with E-state index in [1.165, 1.54) is 11.3 Å². The monoisotopic (exact) mass is 230 g/mol. The minimum absolute atomic E-state index is 0.0451. The number of hydrogen-bond donors (Lipinski definition) is 0. The lowest BCUT2D eigenvalue weighted by molar-refractivity contribution is 0.779. The standard InChI is InChI=1S/C12H10N2OS/c1-9-6-10(7-13)2-3-11(9)8-14-4-5-16-12(14)15/h2-6H,8H2,1H3. The first-order valence-electron chi connectivity index (χ1n) is 4.84. The van der Waals surface area contributed by atoms with E-state index in [1.807, 2.05) is 19.1 Å². The first-order chi connectivity index (χ1) is 7.70. The topological polar surface area (TPSA) is 45.8 Å². The molecule has 0 aliphatic rings. The van der Waals surface area contributed by atoms with Crippen LogP contribution in [0.25, 0.3) is 0 Å². The Hall–Kier alpha value is -1.86. The molecule has 0 bridgehead atoms. The van der Waals surface area contributed by atoms with Gasteiger partial charge in [-0.15, -0.1) is 0 Å². The third kappa shape index (κ3) is 2.05. The van der Waals surface area contributed by atoms with Crippen LogP contribution in [0.1, 0.15) is 16.7 Å². The second-order valence-corrected chi connectivity index (χ2v) is 4.41. The van der Waals surface area contributed by atoms with Crippen LogP contribution in [0.2, 0.25) is 0 Å². The van der Waals surface area contributed by atoms with Gasteiger partial charge in [-0.05, 0) is 30.2 Å². The maximum absolute atomic E-state index is 11.4. The van der Waals surface area contributed by atoms with E-state index in [9.17, 15) is 4.79 Å². The second-order valence-electron chi connectivity index (χ2n) is 3.55. The van der Waals surface area contributed by atoms with Crippen LogP contribution in [-0.2, 0) is 6.54 Å². The molecule has 0 spiro atoms. The van der Waals surface area contributed by atoms with E-state index in [0.717, 1.165) is 11.1 Å². The highest BCUT2D eigenvalue weighted by molar-refractivity contribution is 7.07. The van der Waals surface area contributed by atoms with Crippen molar-refractivity contribution in [1.29, 1.82) is 5.26 Å². The van der Waals surface area contributed by atoms with Crippen molar-refractivity contribution in [3.05, 3.63) is 56.1 Å². The van der Waals surface area contributed by atoms with Crippen LogP contribution < -0.4 is 4.87 Å². The van der Waals surface area contributed by atoms with Crippen LogP contribution in [0.15, 0.2) is 34.6 Å². The molecule has 1 aromatic carbocycles. The predicted molar refractivity (Wildman–Crippen MR) is 63.6 cm³/mol. The fourth-order valence-electron chi connectivity index (χ4n) is 1.53. The van der Waals surface area contributed by atoms with Gasteiger partial charge < -0.3 is 4.57 Å². The fourth-order valence-corrected chi connectivity index (χ4v) is 2.12. The maximum atomic E-state index is 11.4. The number of hydrogen-bond acceptors (Lipinski definition) is 3. The first-order valence-corrected chi connectivity index (χ1v) is 5.72. The van der Waals surface area contributed by atoms with E-state index in [0.29, 0.717) is 12.1 Å². The molecule has 2 aromatic rings. The van der Waals surface area contributed by atoms with Crippen molar-refractivity contribution >= 4 is 11.3 Å². The molecule has 0 saturated heterocycles. The summed E-state index contributed by atoms with van der Waals surface area (Å²) >= 11 is 1.19. The molecule has 0 atom stereocenters. The summed E-state index contributed by atoms with van der Waals surface area (Å²) in [6.07, 6.45) is 1.78. The van der Waals surface area contributed by atoms with E-state index in [1.54, 1.807) is 22.2 Å². The third-order valence-corrected chi connectivity index (χ3v) is 3.15. The van der Waals surface area contributed by atoms with Crippen LogP contribution in [0, 0.1) is 18.3 Å². The van der Waals surface area contributed by atoms with Gasteiger partial charge in [0.2, 0.25) is 0 Å². The first kappa shape index (κ1) is 10.7. The van der Waals surface area contributed by atoms with Gasteiger partial charge in [0.05, 0.1) is 18.2 Å². The molecule has 0 radical (unpaired) electrons. The number of aryl methyl sites for hydroxylation is 1. The van der Waals surface area contributed by atoms with Crippen molar-refractivity contribution in [2.45, 2.75) is 13.5 Å². The van der Waals surface area contributed by atoms with Gasteiger partial charge in [0.1, 0.15) is 0 Å². The third-order valence-electron chi connectivity index (χ3n) is 2.46. The van der Waals surface area contributed by atoms with E-state index in [4.69, 9.17) is 5.26 Å². The molecule has 0 saturated carbocycles. The lowest BCUT2D eigenvalue weighted by Gasteiger charge is -2.06. The molecule has 3 nitrogen and oxygen atoms in total. The Bertz CT molecular complexity index is 604. The number of benzene rings is 1. The maximum Gasteiger partial charge on any atom is 0.307 e. The lowest BCUT2D eigenvalue weighted by atomic mass is 10.1. The molecule has 0 aliphatic carbocycles. The minimum atomic E-state index is 0.0451. The highest BCUT2D eigenvalue weighted by Crippen LogP contribution is 2.11. The molecule has 1 aromatic heterocycles. The second kappa shape index (κ2) is 4.33. The number of nitrogens with zero attached hydrogens (tertiary/aromatic N) is 2. The summed E-state index contributed by atoms with van der Waals surface area (Å²) in [7, 11) is 0. The van der Waals surface area contributed by atoms with Gasteiger partial charge in [0.25, 0.3) is 0 Å². The zero-order valence-electron chi connectivity index (χ0n) is 8.80. The van der Waals surface area contributed by atoms with Gasteiger partial charge >= 0.3 is 4.87 Å². The number of aromatic nitrogens is 1. The SMILES string of the molecule is Cc1cc(C#N)ccc1Cn1ccsc1=O. The summed E-state index contributed by atoms with van der Waals surface area (Å²) in [6.45, 7) is 2.52. The highest BCUT2D eigenvalue weighted by Gasteiger charge is 2.02. The molecule has 0 fully saturated rings. The lowest BCUT2D eigenvalue weighted by Crippen LogP contribution is -2.13. The average molecular weight is 230 g/mol. The Morgan fingerprint density at radius 1 is 1.50 bits per heavy atom. The molecule has 80 valence electrons. The van der Waals surface area contributed by atoms with E-state index in [-0.39, 0.29) is 4.87 Å². The van der Waals surface area contributed by atoms with E-state index in [2.05, 4.69) is 6.07 Å². The van der Waals surface area contributed by atoms with Gasteiger partial charge in [-0.2, -0.15) is 5.26 Å². The van der Waals surface area contributed by atoms with Crippen molar-refractivity contribution in [3.63, 3.8) is 0 Å². The molecular weight excluding hydrogens is 220 g/mol. The van der Waals surface area contributed by atoms with Gasteiger partial charge in [0, 0.05) is 11.6 Å². The molecule has 2 rings (SSSR count). The van der Waals surface area contributed by atoms with E-state index >= 15 is 0 Å². The summed E-state index contributed by atoms with van der Waals surface area (Å²) in [6, 6.07) is 7.62. The summed E-state index contributed by atoms with van der Waals surface area (Å²) in [5.41, 5.74) is 2.76. The minimum Gasteiger partial charge on any atom is -0.302 e. The Kier molecular flexibility index (Phi) is 2.88. The van der Waals surface area contributed by atoms with Crippen molar-refractivity contribution in [1.82, 2.24) is 4.57 Å². The summed E-state index contributed by atoms with van der Waals surface area (Å²) in [4.78, 5) is 11.4. The largest absolute Gasteiger partial charge is 0.307 e. The average Bonchev–Trinajstić information content (AvgIpc) is 2.67. The van der Waals surface area contributed by atoms with Gasteiger partial charge in [-0.25, -0.2) is 0 Å². The summed E-state index contributed by atoms with van der Waals surface area (Å²) < 4.78 is 1.67. The highest BCUT2D eigenvalue weighted by atomic mass is 32.1. The molecule has 4 heteroatoms. The van der Waals surface area contributed by atoms with E-state index < -0.39 is 0 Å². The van der Waals surface area contributed by atoms with Crippen molar-refractivity contribution < 1.29 is 0 Å².